The van der Waals surface area contributed by atoms with E-state index in [1.54, 1.807) is 0 Å². The third-order valence-corrected chi connectivity index (χ3v) is 4.87. The molecule has 17 heavy (non-hydrogen) atoms. The molecule has 2 atom stereocenters. The summed E-state index contributed by atoms with van der Waals surface area (Å²) >= 11 is 0. The van der Waals surface area contributed by atoms with Crippen molar-refractivity contribution in [2.75, 3.05) is 26.3 Å². The number of hydrogen-bond donors (Lipinski definition) is 1. The zero-order valence-corrected chi connectivity index (χ0v) is 11.7. The lowest BCUT2D eigenvalue weighted by Crippen LogP contribution is -2.65. The van der Waals surface area contributed by atoms with Crippen molar-refractivity contribution < 1.29 is 4.74 Å². The van der Waals surface area contributed by atoms with Gasteiger partial charge in [0.2, 0.25) is 0 Å². The van der Waals surface area contributed by atoms with Gasteiger partial charge >= 0.3 is 0 Å². The van der Waals surface area contributed by atoms with Gasteiger partial charge < -0.3 is 10.1 Å². The standard InChI is InChI=1S/C14H28N2O/c1-4-12-9-15-14(5-2,6-3)11-16(12)13-7-8-17-10-13/h12-13,15H,4-11H2,1-3H3. The van der Waals surface area contributed by atoms with Crippen LogP contribution in [0.25, 0.3) is 0 Å². The van der Waals surface area contributed by atoms with Crippen LogP contribution in [0.15, 0.2) is 0 Å². The van der Waals surface area contributed by atoms with Crippen LogP contribution in [-0.4, -0.2) is 48.8 Å². The first kappa shape index (κ1) is 13.3. The van der Waals surface area contributed by atoms with Crippen LogP contribution in [0.4, 0.5) is 0 Å². The van der Waals surface area contributed by atoms with Crippen molar-refractivity contribution in [3.63, 3.8) is 0 Å². The molecule has 3 nitrogen and oxygen atoms in total. The summed E-state index contributed by atoms with van der Waals surface area (Å²) in [5.41, 5.74) is 0.342. The van der Waals surface area contributed by atoms with E-state index in [2.05, 4.69) is 31.0 Å². The van der Waals surface area contributed by atoms with Gasteiger partial charge in [0.25, 0.3) is 0 Å². The Labute approximate surface area is 106 Å². The molecule has 2 unspecified atom stereocenters. The first-order valence-corrected chi connectivity index (χ1v) is 7.33. The SMILES string of the molecule is CCC1CNC(CC)(CC)CN1C1CCOC1. The summed E-state index contributed by atoms with van der Waals surface area (Å²) < 4.78 is 5.58. The highest BCUT2D eigenvalue weighted by Gasteiger charge is 2.39. The first-order valence-electron chi connectivity index (χ1n) is 7.33. The van der Waals surface area contributed by atoms with Crippen LogP contribution in [0.3, 0.4) is 0 Å². The van der Waals surface area contributed by atoms with Gasteiger partial charge in [0.15, 0.2) is 0 Å². The minimum Gasteiger partial charge on any atom is -0.380 e. The van der Waals surface area contributed by atoms with Gasteiger partial charge in [-0.1, -0.05) is 20.8 Å². The maximum atomic E-state index is 5.58. The van der Waals surface area contributed by atoms with Gasteiger partial charge in [-0.25, -0.2) is 0 Å². The molecule has 1 N–H and O–H groups in total. The Kier molecular flexibility index (Phi) is 4.45. The number of hydrogen-bond acceptors (Lipinski definition) is 3. The second-order valence-corrected chi connectivity index (χ2v) is 5.62. The summed E-state index contributed by atoms with van der Waals surface area (Å²) in [6, 6.07) is 1.37. The molecule has 2 fully saturated rings. The van der Waals surface area contributed by atoms with Crippen LogP contribution < -0.4 is 5.32 Å². The van der Waals surface area contributed by atoms with Crippen molar-refractivity contribution in [1.82, 2.24) is 10.2 Å². The minimum absolute atomic E-state index is 0.342. The van der Waals surface area contributed by atoms with Crippen molar-refractivity contribution in [2.24, 2.45) is 0 Å². The van der Waals surface area contributed by atoms with Gasteiger partial charge in [0, 0.05) is 37.3 Å². The molecular formula is C14H28N2O. The van der Waals surface area contributed by atoms with E-state index in [1.807, 2.05) is 0 Å². The highest BCUT2D eigenvalue weighted by molar-refractivity contribution is 4.98. The van der Waals surface area contributed by atoms with Gasteiger partial charge in [0.1, 0.15) is 0 Å². The normalized spacial score (nSPS) is 34.1. The average Bonchev–Trinajstić information content (AvgIpc) is 2.92. The Bertz CT molecular complexity index is 232. The molecule has 0 spiro atoms. The molecule has 0 aliphatic carbocycles. The van der Waals surface area contributed by atoms with E-state index in [4.69, 9.17) is 4.74 Å². The van der Waals surface area contributed by atoms with Gasteiger partial charge in [-0.2, -0.15) is 0 Å². The van der Waals surface area contributed by atoms with Crippen LogP contribution in [0.1, 0.15) is 46.5 Å². The molecule has 3 heteroatoms. The third kappa shape index (κ3) is 2.67. The summed E-state index contributed by atoms with van der Waals surface area (Å²) in [4.78, 5) is 2.73. The molecule has 0 radical (unpaired) electrons. The Hall–Kier alpha value is -0.120. The molecule has 0 amide bonds. The highest BCUT2D eigenvalue weighted by Crippen LogP contribution is 2.27. The Morgan fingerprint density at radius 2 is 2.06 bits per heavy atom. The third-order valence-electron chi connectivity index (χ3n) is 4.87. The number of piperazine rings is 1. The van der Waals surface area contributed by atoms with Crippen molar-refractivity contribution >= 4 is 0 Å². The Morgan fingerprint density at radius 3 is 2.59 bits per heavy atom. The summed E-state index contributed by atoms with van der Waals surface area (Å²) in [5.74, 6) is 0. The molecule has 100 valence electrons. The molecule has 0 saturated carbocycles. The van der Waals surface area contributed by atoms with E-state index in [0.29, 0.717) is 17.6 Å². The number of nitrogens with zero attached hydrogens (tertiary/aromatic N) is 1. The summed E-state index contributed by atoms with van der Waals surface area (Å²) in [6.45, 7) is 11.2. The average molecular weight is 240 g/mol. The highest BCUT2D eigenvalue weighted by atomic mass is 16.5. The smallest absolute Gasteiger partial charge is 0.0622 e. The van der Waals surface area contributed by atoms with E-state index in [1.165, 1.54) is 32.2 Å². The maximum Gasteiger partial charge on any atom is 0.0622 e. The molecule has 0 aromatic carbocycles. The maximum absolute atomic E-state index is 5.58. The van der Waals surface area contributed by atoms with Crippen LogP contribution in [0.5, 0.6) is 0 Å². The number of ether oxygens (including phenoxy) is 1. The zero-order chi connectivity index (χ0) is 12.3. The number of nitrogens with one attached hydrogen (secondary N) is 1. The molecule has 0 aromatic rings. The molecule has 2 heterocycles. The van der Waals surface area contributed by atoms with Gasteiger partial charge in [-0.05, 0) is 25.7 Å². The van der Waals surface area contributed by atoms with Gasteiger partial charge in [-0.3, -0.25) is 4.90 Å². The topological polar surface area (TPSA) is 24.5 Å². The molecule has 0 aromatic heterocycles. The van der Waals surface area contributed by atoms with E-state index >= 15 is 0 Å². The second kappa shape index (κ2) is 5.68. The summed E-state index contributed by atoms with van der Waals surface area (Å²) in [6.07, 6.45) is 4.92. The van der Waals surface area contributed by atoms with Crippen LogP contribution in [-0.2, 0) is 4.74 Å². The minimum atomic E-state index is 0.342. The largest absolute Gasteiger partial charge is 0.380 e. The summed E-state index contributed by atoms with van der Waals surface area (Å²) in [7, 11) is 0. The monoisotopic (exact) mass is 240 g/mol. The van der Waals surface area contributed by atoms with Crippen molar-refractivity contribution in [3.8, 4) is 0 Å². The van der Waals surface area contributed by atoms with E-state index in [-0.39, 0.29) is 0 Å². The zero-order valence-electron chi connectivity index (χ0n) is 11.7. The molecule has 2 aliphatic rings. The molecule has 2 saturated heterocycles. The van der Waals surface area contributed by atoms with E-state index in [9.17, 15) is 0 Å². The van der Waals surface area contributed by atoms with Gasteiger partial charge in [0.05, 0.1) is 6.61 Å². The Morgan fingerprint density at radius 1 is 1.29 bits per heavy atom. The lowest BCUT2D eigenvalue weighted by atomic mass is 9.87. The summed E-state index contributed by atoms with van der Waals surface area (Å²) in [5, 5.41) is 3.80. The van der Waals surface area contributed by atoms with Crippen molar-refractivity contribution in [1.29, 1.82) is 0 Å². The first-order chi connectivity index (χ1) is 8.24. The van der Waals surface area contributed by atoms with Gasteiger partial charge in [-0.15, -0.1) is 0 Å². The van der Waals surface area contributed by atoms with Crippen LogP contribution >= 0.6 is 0 Å². The molecule has 0 bridgehead atoms. The quantitative estimate of drug-likeness (QED) is 0.813. The predicted octanol–water partition coefficient (Wildman–Crippen LogP) is 2.02. The number of rotatable bonds is 4. The fourth-order valence-corrected chi connectivity index (χ4v) is 3.30. The Balaban J connectivity index is 2.07. The lowest BCUT2D eigenvalue weighted by Gasteiger charge is -2.49. The fraction of sp³-hybridized carbons (Fsp3) is 1.00. The predicted molar refractivity (Wildman–Crippen MR) is 71.3 cm³/mol. The van der Waals surface area contributed by atoms with E-state index in [0.717, 1.165) is 19.8 Å². The fourth-order valence-electron chi connectivity index (χ4n) is 3.30. The van der Waals surface area contributed by atoms with Crippen LogP contribution in [0, 0.1) is 0 Å². The van der Waals surface area contributed by atoms with E-state index < -0.39 is 0 Å². The molecular weight excluding hydrogens is 212 g/mol. The second-order valence-electron chi connectivity index (χ2n) is 5.62. The lowest BCUT2D eigenvalue weighted by molar-refractivity contribution is 0.0298. The van der Waals surface area contributed by atoms with Crippen LogP contribution in [0.2, 0.25) is 0 Å². The molecule has 2 rings (SSSR count). The van der Waals surface area contributed by atoms with Crippen molar-refractivity contribution in [3.05, 3.63) is 0 Å². The van der Waals surface area contributed by atoms with Crippen molar-refractivity contribution in [2.45, 2.75) is 64.1 Å². The molecule has 2 aliphatic heterocycles.